The minimum atomic E-state index is -4.53. The number of aldehydes is 1. The van der Waals surface area contributed by atoms with E-state index < -0.39 is 11.9 Å². The Bertz CT molecular complexity index is 610. The highest BCUT2D eigenvalue weighted by Gasteiger charge is 2.33. The van der Waals surface area contributed by atoms with Gasteiger partial charge in [0.15, 0.2) is 22.3 Å². The average molecular weight is 288 g/mol. The van der Waals surface area contributed by atoms with Gasteiger partial charge < -0.3 is 4.42 Å². The van der Waals surface area contributed by atoms with Crippen molar-refractivity contribution in [2.75, 3.05) is 0 Å². The van der Waals surface area contributed by atoms with Crippen LogP contribution in [0.4, 0.5) is 13.2 Å². The molecule has 100 valence electrons. The van der Waals surface area contributed by atoms with E-state index in [-0.39, 0.29) is 21.7 Å². The monoisotopic (exact) mass is 288 g/mol. The molecule has 2 heterocycles. The minimum absolute atomic E-state index is 0.0841. The molecule has 0 N–H and O–H groups in total. The maximum atomic E-state index is 12.6. The number of nitrogens with zero attached hydrogens (tertiary/aromatic N) is 2. The molecule has 0 bridgehead atoms. The Kier molecular flexibility index (Phi) is 3.61. The number of aryl methyl sites for hydroxylation is 1. The molecule has 0 spiro atoms. The lowest BCUT2D eigenvalue weighted by molar-refractivity contribution is -0.141. The van der Waals surface area contributed by atoms with Crippen molar-refractivity contribution in [3.63, 3.8) is 0 Å². The fourth-order valence-electron chi connectivity index (χ4n) is 1.27. The van der Waals surface area contributed by atoms with Crippen molar-refractivity contribution >= 4 is 18.0 Å². The van der Waals surface area contributed by atoms with Crippen LogP contribution in [-0.2, 0) is 6.18 Å². The van der Waals surface area contributed by atoms with E-state index in [9.17, 15) is 18.0 Å². The maximum absolute atomic E-state index is 12.6. The molecule has 0 aliphatic carbocycles. The van der Waals surface area contributed by atoms with Gasteiger partial charge in [0, 0.05) is 5.69 Å². The van der Waals surface area contributed by atoms with E-state index in [0.29, 0.717) is 6.29 Å². The fourth-order valence-corrected chi connectivity index (χ4v) is 2.06. The number of alkyl halides is 3. The first-order chi connectivity index (χ1) is 8.88. The molecular weight excluding hydrogens is 281 g/mol. The standard InChI is InChI=1S/C11H7F3N2O2S/c1-6-4-8(11(12,13)14)16-10(15-6)19-9-3-2-7(5-17)18-9/h2-5H,1H3. The molecule has 0 radical (unpaired) electrons. The van der Waals surface area contributed by atoms with Crippen LogP contribution in [0.15, 0.2) is 32.9 Å². The third-order valence-electron chi connectivity index (χ3n) is 2.03. The van der Waals surface area contributed by atoms with Crippen molar-refractivity contribution in [3.05, 3.63) is 35.3 Å². The van der Waals surface area contributed by atoms with Gasteiger partial charge in [-0.3, -0.25) is 4.79 Å². The molecule has 2 aromatic heterocycles. The largest absolute Gasteiger partial charge is 0.447 e. The Morgan fingerprint density at radius 2 is 2.05 bits per heavy atom. The summed E-state index contributed by atoms with van der Waals surface area (Å²) in [6.07, 6.45) is -4.03. The molecule has 2 rings (SSSR count). The van der Waals surface area contributed by atoms with Gasteiger partial charge in [-0.2, -0.15) is 13.2 Å². The normalized spacial score (nSPS) is 11.6. The highest BCUT2D eigenvalue weighted by atomic mass is 32.2. The van der Waals surface area contributed by atoms with Gasteiger partial charge in [-0.15, -0.1) is 0 Å². The van der Waals surface area contributed by atoms with E-state index in [4.69, 9.17) is 4.42 Å². The fraction of sp³-hybridized carbons (Fsp3) is 0.182. The highest BCUT2D eigenvalue weighted by Crippen LogP contribution is 2.31. The van der Waals surface area contributed by atoms with E-state index >= 15 is 0 Å². The van der Waals surface area contributed by atoms with Crippen molar-refractivity contribution in [1.82, 2.24) is 9.97 Å². The van der Waals surface area contributed by atoms with Crippen LogP contribution >= 0.6 is 11.8 Å². The van der Waals surface area contributed by atoms with Crippen LogP contribution in [0.1, 0.15) is 21.9 Å². The summed E-state index contributed by atoms with van der Waals surface area (Å²) in [6.45, 7) is 1.44. The number of hydrogen-bond donors (Lipinski definition) is 0. The van der Waals surface area contributed by atoms with Gasteiger partial charge in [0.1, 0.15) is 5.69 Å². The third-order valence-corrected chi connectivity index (χ3v) is 2.82. The minimum Gasteiger partial charge on any atom is -0.447 e. The van der Waals surface area contributed by atoms with Gasteiger partial charge in [0.25, 0.3) is 0 Å². The summed E-state index contributed by atoms with van der Waals surface area (Å²) in [5.74, 6) is 0.0891. The summed E-state index contributed by atoms with van der Waals surface area (Å²) >= 11 is 0.820. The SMILES string of the molecule is Cc1cc(C(F)(F)F)nc(Sc2ccc(C=O)o2)n1. The number of halogens is 3. The average Bonchev–Trinajstić information content (AvgIpc) is 2.75. The molecule has 0 aromatic carbocycles. The van der Waals surface area contributed by atoms with Gasteiger partial charge >= 0.3 is 6.18 Å². The van der Waals surface area contributed by atoms with Crippen LogP contribution < -0.4 is 0 Å². The number of carbonyl (C=O) groups is 1. The summed E-state index contributed by atoms with van der Waals surface area (Å²) in [4.78, 5) is 17.7. The first-order valence-electron chi connectivity index (χ1n) is 5.04. The number of carbonyl (C=O) groups excluding carboxylic acids is 1. The van der Waals surface area contributed by atoms with Gasteiger partial charge in [0.05, 0.1) is 0 Å². The first-order valence-corrected chi connectivity index (χ1v) is 5.86. The Morgan fingerprint density at radius 1 is 1.32 bits per heavy atom. The molecule has 0 saturated carbocycles. The Morgan fingerprint density at radius 3 is 2.63 bits per heavy atom. The van der Waals surface area contributed by atoms with Gasteiger partial charge in [-0.05, 0) is 36.9 Å². The molecule has 0 aliphatic rings. The van der Waals surface area contributed by atoms with Crippen molar-refractivity contribution < 1.29 is 22.4 Å². The molecule has 4 nitrogen and oxygen atoms in total. The first kappa shape index (κ1) is 13.6. The van der Waals surface area contributed by atoms with Gasteiger partial charge in [-0.1, -0.05) is 0 Å². The van der Waals surface area contributed by atoms with Crippen LogP contribution in [0.3, 0.4) is 0 Å². The maximum Gasteiger partial charge on any atom is 0.433 e. The van der Waals surface area contributed by atoms with Crippen molar-refractivity contribution in [2.45, 2.75) is 23.3 Å². The van der Waals surface area contributed by atoms with Crippen molar-refractivity contribution in [1.29, 1.82) is 0 Å². The molecule has 0 atom stereocenters. The number of aromatic nitrogens is 2. The molecule has 0 aliphatic heterocycles. The molecule has 0 unspecified atom stereocenters. The zero-order chi connectivity index (χ0) is 14.0. The van der Waals surface area contributed by atoms with Crippen molar-refractivity contribution in [2.24, 2.45) is 0 Å². The van der Waals surface area contributed by atoms with E-state index in [1.807, 2.05) is 0 Å². The lowest BCUT2D eigenvalue weighted by Crippen LogP contribution is -2.10. The number of rotatable bonds is 3. The molecular formula is C11H7F3N2O2S. The quantitative estimate of drug-likeness (QED) is 0.640. The van der Waals surface area contributed by atoms with E-state index in [1.54, 1.807) is 0 Å². The molecule has 0 amide bonds. The lowest BCUT2D eigenvalue weighted by atomic mass is 10.3. The van der Waals surface area contributed by atoms with E-state index in [0.717, 1.165) is 17.8 Å². The van der Waals surface area contributed by atoms with Crippen LogP contribution in [-0.4, -0.2) is 16.3 Å². The summed E-state index contributed by atoms with van der Waals surface area (Å²) in [5, 5.41) is 0.167. The summed E-state index contributed by atoms with van der Waals surface area (Å²) < 4.78 is 42.8. The predicted octanol–water partition coefficient (Wildman–Crippen LogP) is 3.36. The third kappa shape index (κ3) is 3.34. The zero-order valence-electron chi connectivity index (χ0n) is 9.56. The topological polar surface area (TPSA) is 56.0 Å². The van der Waals surface area contributed by atoms with Crippen LogP contribution in [0, 0.1) is 6.92 Å². The highest BCUT2D eigenvalue weighted by molar-refractivity contribution is 7.99. The van der Waals surface area contributed by atoms with Crippen LogP contribution in [0.25, 0.3) is 0 Å². The number of hydrogen-bond acceptors (Lipinski definition) is 5. The summed E-state index contributed by atoms with van der Waals surface area (Å²) in [5.41, 5.74) is -0.809. The summed E-state index contributed by atoms with van der Waals surface area (Å²) in [7, 11) is 0. The number of furan rings is 1. The lowest BCUT2D eigenvalue weighted by Gasteiger charge is -2.07. The van der Waals surface area contributed by atoms with Gasteiger partial charge in [-0.25, -0.2) is 9.97 Å². The van der Waals surface area contributed by atoms with Crippen molar-refractivity contribution in [3.8, 4) is 0 Å². The second-order valence-electron chi connectivity index (χ2n) is 3.55. The van der Waals surface area contributed by atoms with E-state index in [2.05, 4.69) is 9.97 Å². The Labute approximate surface area is 110 Å². The summed E-state index contributed by atoms with van der Waals surface area (Å²) in [6, 6.07) is 3.74. The molecule has 0 fully saturated rings. The van der Waals surface area contributed by atoms with Gasteiger partial charge in [0.2, 0.25) is 0 Å². The zero-order valence-corrected chi connectivity index (χ0v) is 10.4. The Hall–Kier alpha value is -1.83. The van der Waals surface area contributed by atoms with Crippen LogP contribution in [0.5, 0.6) is 0 Å². The molecule has 8 heteroatoms. The molecule has 19 heavy (non-hydrogen) atoms. The predicted molar refractivity (Wildman–Crippen MR) is 60.0 cm³/mol. The second kappa shape index (κ2) is 5.04. The smallest absolute Gasteiger partial charge is 0.433 e. The second-order valence-corrected chi connectivity index (χ2v) is 4.52. The van der Waals surface area contributed by atoms with Crippen LogP contribution in [0.2, 0.25) is 0 Å². The molecule has 0 saturated heterocycles. The Balaban J connectivity index is 2.30. The van der Waals surface area contributed by atoms with E-state index in [1.165, 1.54) is 19.1 Å². The molecule has 2 aromatic rings.